The molecule has 2 aliphatic rings. The molecule has 0 radical (unpaired) electrons. The molecule has 2 heterocycles. The van der Waals surface area contributed by atoms with Crippen LogP contribution in [0.5, 0.6) is 11.5 Å². The van der Waals surface area contributed by atoms with Crippen molar-refractivity contribution < 1.29 is 10.2 Å². The Morgan fingerprint density at radius 1 is 0.706 bits per heavy atom. The summed E-state index contributed by atoms with van der Waals surface area (Å²) in [6.07, 6.45) is 5.09. The van der Waals surface area contributed by atoms with E-state index >= 15 is 0 Å². The summed E-state index contributed by atoms with van der Waals surface area (Å²) in [5, 5.41) is 22.5. The molecule has 2 saturated heterocycles. The molecule has 0 unspecified atom stereocenters. The fraction of sp³-hybridized carbons (Fsp3) is 0.429. The number of allylic oxidation sites excluding steroid dienone is 2. The fourth-order valence-corrected chi connectivity index (χ4v) is 6.69. The summed E-state index contributed by atoms with van der Waals surface area (Å²) in [5.74, 6) is 5.24. The molecule has 0 aliphatic carbocycles. The standard InChI is InChI=1S/C28H36N2O2S2/c1-3-5-21-15-24(19-29-7-11-33-12-8-29)28(32)26(16-21)23-17-22(6-4-2)27(31)25(18-23)20-30-9-13-34-14-10-30/h3-4,15-18,31-32H,1-2,5-14,19-20H2. The van der Waals surface area contributed by atoms with Crippen molar-refractivity contribution in [2.75, 3.05) is 49.2 Å². The highest BCUT2D eigenvalue weighted by atomic mass is 32.2. The van der Waals surface area contributed by atoms with Crippen LogP contribution in [-0.2, 0) is 25.9 Å². The van der Waals surface area contributed by atoms with Crippen molar-refractivity contribution in [3.63, 3.8) is 0 Å². The van der Waals surface area contributed by atoms with Gasteiger partial charge in [0.15, 0.2) is 0 Å². The lowest BCUT2D eigenvalue weighted by Crippen LogP contribution is -2.32. The van der Waals surface area contributed by atoms with Crippen LogP contribution in [0.25, 0.3) is 11.1 Å². The van der Waals surface area contributed by atoms with Crippen LogP contribution in [0.3, 0.4) is 0 Å². The lowest BCUT2D eigenvalue weighted by atomic mass is 9.92. The molecule has 6 heteroatoms. The van der Waals surface area contributed by atoms with Crippen molar-refractivity contribution in [2.45, 2.75) is 25.9 Å². The predicted octanol–water partition coefficient (Wildman–Crippen LogP) is 5.32. The number of benzene rings is 2. The molecule has 4 nitrogen and oxygen atoms in total. The lowest BCUT2D eigenvalue weighted by Gasteiger charge is -2.28. The van der Waals surface area contributed by atoms with Crippen molar-refractivity contribution in [1.29, 1.82) is 0 Å². The van der Waals surface area contributed by atoms with Crippen LogP contribution in [0.2, 0.25) is 0 Å². The number of hydrogen-bond donors (Lipinski definition) is 2. The van der Waals surface area contributed by atoms with Gasteiger partial charge in [-0.05, 0) is 47.7 Å². The van der Waals surface area contributed by atoms with Gasteiger partial charge >= 0.3 is 0 Å². The zero-order chi connectivity index (χ0) is 23.9. The van der Waals surface area contributed by atoms with Gasteiger partial charge in [-0.1, -0.05) is 18.2 Å². The van der Waals surface area contributed by atoms with Crippen molar-refractivity contribution >= 4 is 23.5 Å². The van der Waals surface area contributed by atoms with Crippen LogP contribution < -0.4 is 0 Å². The predicted molar refractivity (Wildman–Crippen MR) is 148 cm³/mol. The first-order valence-electron chi connectivity index (χ1n) is 12.1. The van der Waals surface area contributed by atoms with Crippen molar-refractivity contribution in [1.82, 2.24) is 9.80 Å². The Morgan fingerprint density at radius 3 is 1.79 bits per heavy atom. The number of nitrogens with zero attached hydrogens (tertiary/aromatic N) is 2. The van der Waals surface area contributed by atoms with Gasteiger partial charge in [0.05, 0.1) is 0 Å². The average molecular weight is 497 g/mol. The van der Waals surface area contributed by atoms with Gasteiger partial charge in [0.1, 0.15) is 11.5 Å². The molecule has 4 rings (SSSR count). The molecule has 0 bridgehead atoms. The Kier molecular flexibility index (Phi) is 9.06. The Hall–Kier alpha value is -1.86. The van der Waals surface area contributed by atoms with Crippen LogP contribution in [0.1, 0.15) is 22.3 Å². The molecular formula is C28H36N2O2S2. The molecule has 0 aromatic heterocycles. The summed E-state index contributed by atoms with van der Waals surface area (Å²) < 4.78 is 0. The van der Waals surface area contributed by atoms with E-state index in [1.807, 2.05) is 41.7 Å². The minimum absolute atomic E-state index is 0.349. The van der Waals surface area contributed by atoms with Gasteiger partial charge in [-0.25, -0.2) is 0 Å². The molecule has 182 valence electrons. The van der Waals surface area contributed by atoms with E-state index in [4.69, 9.17) is 0 Å². The smallest absolute Gasteiger partial charge is 0.127 e. The minimum Gasteiger partial charge on any atom is -0.507 e. The van der Waals surface area contributed by atoms with E-state index in [1.165, 1.54) is 0 Å². The highest BCUT2D eigenvalue weighted by molar-refractivity contribution is 7.99. The summed E-state index contributed by atoms with van der Waals surface area (Å²) in [5.41, 5.74) is 5.68. The summed E-state index contributed by atoms with van der Waals surface area (Å²) in [7, 11) is 0. The topological polar surface area (TPSA) is 46.9 Å². The van der Waals surface area contributed by atoms with E-state index < -0.39 is 0 Å². The van der Waals surface area contributed by atoms with Gasteiger partial charge < -0.3 is 10.2 Å². The second-order valence-corrected chi connectivity index (χ2v) is 11.5. The van der Waals surface area contributed by atoms with Crippen LogP contribution >= 0.6 is 23.5 Å². The maximum Gasteiger partial charge on any atom is 0.127 e. The van der Waals surface area contributed by atoms with Gasteiger partial charge in [-0.3, -0.25) is 9.80 Å². The molecule has 2 fully saturated rings. The molecule has 0 atom stereocenters. The Labute approximate surface area is 212 Å². The number of rotatable bonds is 9. The first-order chi connectivity index (χ1) is 16.6. The van der Waals surface area contributed by atoms with Gasteiger partial charge in [0.25, 0.3) is 0 Å². The molecule has 2 aliphatic heterocycles. The van der Waals surface area contributed by atoms with Gasteiger partial charge in [-0.15, -0.1) is 13.2 Å². The molecule has 0 saturated carbocycles. The van der Waals surface area contributed by atoms with E-state index in [0.29, 0.717) is 17.9 Å². The number of thioether (sulfide) groups is 2. The number of hydrogen-bond acceptors (Lipinski definition) is 6. The highest BCUT2D eigenvalue weighted by Crippen LogP contribution is 2.39. The fourth-order valence-electron chi connectivity index (χ4n) is 4.73. The summed E-state index contributed by atoms with van der Waals surface area (Å²) >= 11 is 3.98. The van der Waals surface area contributed by atoms with Crippen molar-refractivity contribution in [3.8, 4) is 22.6 Å². The van der Waals surface area contributed by atoms with Crippen molar-refractivity contribution in [3.05, 3.63) is 71.8 Å². The first-order valence-corrected chi connectivity index (χ1v) is 14.4. The van der Waals surface area contributed by atoms with Gasteiger partial charge in [-0.2, -0.15) is 23.5 Å². The van der Waals surface area contributed by atoms with Gasteiger partial charge in [0, 0.05) is 79.0 Å². The maximum atomic E-state index is 11.4. The van der Waals surface area contributed by atoms with E-state index in [2.05, 4.69) is 41.2 Å². The summed E-state index contributed by atoms with van der Waals surface area (Å²) in [4.78, 5) is 4.83. The molecule has 2 aromatic carbocycles. The summed E-state index contributed by atoms with van der Waals surface area (Å²) in [6, 6.07) is 8.29. The molecule has 0 spiro atoms. The molecule has 34 heavy (non-hydrogen) atoms. The minimum atomic E-state index is 0.349. The number of aromatic hydroxyl groups is 2. The highest BCUT2D eigenvalue weighted by Gasteiger charge is 2.20. The monoisotopic (exact) mass is 496 g/mol. The molecule has 2 aromatic rings. The third-order valence-electron chi connectivity index (χ3n) is 6.57. The second kappa shape index (κ2) is 12.2. The van der Waals surface area contributed by atoms with E-state index in [1.54, 1.807) is 0 Å². The van der Waals surface area contributed by atoms with Crippen LogP contribution in [0.15, 0.2) is 49.6 Å². The molecule has 0 amide bonds. The van der Waals surface area contributed by atoms with E-state index in [-0.39, 0.29) is 0 Å². The quantitative estimate of drug-likeness (QED) is 0.458. The third-order valence-corrected chi connectivity index (χ3v) is 8.45. The number of phenolic OH excluding ortho intramolecular Hbond substituents is 2. The van der Waals surface area contributed by atoms with E-state index in [9.17, 15) is 10.2 Å². The van der Waals surface area contributed by atoms with Crippen LogP contribution in [0.4, 0.5) is 0 Å². The van der Waals surface area contributed by atoms with E-state index in [0.717, 1.165) is 102 Å². The first kappa shape index (κ1) is 25.2. The van der Waals surface area contributed by atoms with Crippen LogP contribution in [0, 0.1) is 0 Å². The van der Waals surface area contributed by atoms with Crippen LogP contribution in [-0.4, -0.2) is 69.2 Å². The zero-order valence-corrected chi connectivity index (χ0v) is 21.6. The Balaban J connectivity index is 1.74. The lowest BCUT2D eigenvalue weighted by molar-refractivity contribution is 0.289. The molecule has 2 N–H and O–H groups in total. The average Bonchev–Trinajstić information content (AvgIpc) is 2.85. The Bertz CT molecular complexity index is 1010. The third kappa shape index (κ3) is 6.22. The number of phenols is 2. The SMILES string of the molecule is C=CCc1cc(CN2CCSCC2)c(O)c(-c2cc(CC=C)c(O)c(CN3CCSCC3)c2)c1. The second-order valence-electron chi connectivity index (χ2n) is 9.06. The molecular weight excluding hydrogens is 460 g/mol. The van der Waals surface area contributed by atoms with Gasteiger partial charge in [0.2, 0.25) is 0 Å². The normalized spacial score (nSPS) is 17.5. The summed E-state index contributed by atoms with van der Waals surface area (Å²) in [6.45, 7) is 13.4. The maximum absolute atomic E-state index is 11.4. The largest absolute Gasteiger partial charge is 0.507 e. The van der Waals surface area contributed by atoms with Crippen molar-refractivity contribution in [2.24, 2.45) is 0 Å². The zero-order valence-electron chi connectivity index (χ0n) is 20.0. The Morgan fingerprint density at radius 2 is 1.24 bits per heavy atom.